The molecular formula is C21H22N4O3. The molecule has 1 saturated heterocycles. The second-order valence-electron chi connectivity index (χ2n) is 7.06. The molecule has 0 spiro atoms. The molecule has 7 nitrogen and oxygen atoms in total. The van der Waals surface area contributed by atoms with Gasteiger partial charge in [-0.1, -0.05) is 29.0 Å². The molecule has 2 aromatic rings. The van der Waals surface area contributed by atoms with E-state index in [0.717, 1.165) is 16.7 Å². The molecular weight excluding hydrogens is 356 g/mol. The molecule has 144 valence electrons. The third-order valence-electron chi connectivity index (χ3n) is 5.10. The van der Waals surface area contributed by atoms with Gasteiger partial charge in [0.25, 0.3) is 11.8 Å². The highest BCUT2D eigenvalue weighted by Crippen LogP contribution is 2.33. The molecule has 0 saturated carbocycles. The number of fused-ring (bicyclic) bond motifs is 1. The van der Waals surface area contributed by atoms with E-state index in [2.05, 4.69) is 16.4 Å². The first-order valence-electron chi connectivity index (χ1n) is 9.34. The number of hydrogen-bond donors (Lipinski definition) is 0. The number of aryl methyl sites for hydroxylation is 2. The van der Waals surface area contributed by atoms with Gasteiger partial charge < -0.3 is 4.74 Å². The van der Waals surface area contributed by atoms with Crippen LogP contribution in [-0.4, -0.2) is 35.5 Å². The first-order valence-corrected chi connectivity index (χ1v) is 9.34. The van der Waals surface area contributed by atoms with E-state index >= 15 is 0 Å². The Kier molecular flexibility index (Phi) is 4.58. The van der Waals surface area contributed by atoms with Gasteiger partial charge in [-0.15, -0.1) is 0 Å². The molecule has 1 fully saturated rings. The van der Waals surface area contributed by atoms with Crippen LogP contribution in [0.15, 0.2) is 52.8 Å². The summed E-state index contributed by atoms with van der Waals surface area (Å²) < 4.78 is 5.43. The zero-order valence-electron chi connectivity index (χ0n) is 16.1. The minimum atomic E-state index is -0.788. The van der Waals surface area contributed by atoms with Crippen LogP contribution in [0.5, 0.6) is 5.75 Å². The van der Waals surface area contributed by atoms with Crippen molar-refractivity contribution in [2.45, 2.75) is 39.4 Å². The molecule has 4 rings (SSSR count). The summed E-state index contributed by atoms with van der Waals surface area (Å²) >= 11 is 0. The molecule has 28 heavy (non-hydrogen) atoms. The van der Waals surface area contributed by atoms with Crippen LogP contribution >= 0.6 is 0 Å². The Morgan fingerprint density at radius 2 is 1.79 bits per heavy atom. The largest absolute Gasteiger partial charge is 0.494 e. The van der Waals surface area contributed by atoms with Gasteiger partial charge in [0.05, 0.1) is 18.8 Å². The number of carbonyl (C=O) groups is 2. The average Bonchev–Trinajstić information content (AvgIpc) is 3.20. The van der Waals surface area contributed by atoms with Crippen molar-refractivity contribution in [1.29, 1.82) is 0 Å². The Hall–Kier alpha value is -3.22. The van der Waals surface area contributed by atoms with Crippen LogP contribution < -0.4 is 9.64 Å². The fraction of sp³-hybridized carbons (Fsp3) is 0.333. The molecule has 2 atom stereocenters. The Morgan fingerprint density at radius 1 is 1.04 bits per heavy atom. The van der Waals surface area contributed by atoms with E-state index in [1.165, 1.54) is 4.90 Å². The van der Waals surface area contributed by atoms with Crippen molar-refractivity contribution in [3.8, 4) is 5.75 Å². The molecule has 0 unspecified atom stereocenters. The maximum absolute atomic E-state index is 13.1. The SMILES string of the molecule is CCOc1ccc(N2C(=O)[C@@H]3[C@@H](N=NN3Cc3cc(C)ccc3C)C2=O)cc1. The van der Waals surface area contributed by atoms with Crippen LogP contribution in [0.1, 0.15) is 23.6 Å². The van der Waals surface area contributed by atoms with Crippen LogP contribution in [0.25, 0.3) is 0 Å². The third-order valence-corrected chi connectivity index (χ3v) is 5.10. The Labute approximate surface area is 163 Å². The molecule has 0 radical (unpaired) electrons. The summed E-state index contributed by atoms with van der Waals surface area (Å²) in [4.78, 5) is 27.1. The maximum Gasteiger partial charge on any atom is 0.263 e. The molecule has 0 N–H and O–H groups in total. The van der Waals surface area contributed by atoms with Gasteiger partial charge in [0.1, 0.15) is 5.75 Å². The van der Waals surface area contributed by atoms with Crippen molar-refractivity contribution in [2.24, 2.45) is 10.3 Å². The molecule has 0 aromatic heterocycles. The lowest BCUT2D eigenvalue weighted by molar-refractivity contribution is -0.123. The van der Waals surface area contributed by atoms with Crippen molar-refractivity contribution < 1.29 is 14.3 Å². The fourth-order valence-corrected chi connectivity index (χ4v) is 3.61. The lowest BCUT2D eigenvalue weighted by atomic mass is 10.0. The summed E-state index contributed by atoms with van der Waals surface area (Å²) in [6, 6.07) is 11.6. The first kappa shape index (κ1) is 18.2. The van der Waals surface area contributed by atoms with E-state index in [0.29, 0.717) is 24.6 Å². The van der Waals surface area contributed by atoms with Crippen molar-refractivity contribution in [3.05, 3.63) is 59.2 Å². The predicted molar refractivity (Wildman–Crippen MR) is 104 cm³/mol. The van der Waals surface area contributed by atoms with Crippen molar-refractivity contribution >= 4 is 17.5 Å². The number of anilines is 1. The van der Waals surface area contributed by atoms with E-state index in [1.807, 2.05) is 32.9 Å². The Balaban J connectivity index is 1.57. The standard InChI is InChI=1S/C21H22N4O3/c1-4-28-17-9-7-16(8-10-17)25-20(26)18-19(21(25)27)24(23-22-18)12-15-11-13(2)5-6-14(15)3/h5-11,18-19H,4,12H2,1-3H3/t18-,19+/m1/s1. The Bertz CT molecular complexity index is 955. The Morgan fingerprint density at radius 3 is 2.50 bits per heavy atom. The van der Waals surface area contributed by atoms with Crippen LogP contribution in [-0.2, 0) is 16.1 Å². The van der Waals surface area contributed by atoms with E-state index in [1.54, 1.807) is 29.3 Å². The van der Waals surface area contributed by atoms with Crippen LogP contribution in [0, 0.1) is 13.8 Å². The van der Waals surface area contributed by atoms with Gasteiger partial charge in [-0.05, 0) is 56.2 Å². The zero-order chi connectivity index (χ0) is 19.8. The summed E-state index contributed by atoms with van der Waals surface area (Å²) in [6.07, 6.45) is 0. The highest BCUT2D eigenvalue weighted by Gasteiger charge is 2.54. The quantitative estimate of drug-likeness (QED) is 0.749. The normalized spacial score (nSPS) is 20.8. The molecule has 7 heteroatoms. The lowest BCUT2D eigenvalue weighted by Crippen LogP contribution is -2.39. The summed E-state index contributed by atoms with van der Waals surface area (Å²) in [5.74, 6) is 0.0580. The van der Waals surface area contributed by atoms with Crippen LogP contribution in [0.4, 0.5) is 5.69 Å². The zero-order valence-corrected chi connectivity index (χ0v) is 16.1. The summed E-state index contributed by atoms with van der Waals surface area (Å²) in [5, 5.41) is 9.85. The van der Waals surface area contributed by atoms with E-state index < -0.39 is 12.1 Å². The highest BCUT2D eigenvalue weighted by atomic mass is 16.5. The number of carbonyl (C=O) groups excluding carboxylic acids is 2. The minimum absolute atomic E-state index is 0.297. The highest BCUT2D eigenvalue weighted by molar-refractivity contribution is 6.25. The van der Waals surface area contributed by atoms with Gasteiger partial charge in [-0.3, -0.25) is 14.6 Å². The molecule has 0 bridgehead atoms. The van der Waals surface area contributed by atoms with Gasteiger partial charge in [0, 0.05) is 0 Å². The summed E-state index contributed by atoms with van der Waals surface area (Å²) in [6.45, 7) is 6.94. The summed E-state index contributed by atoms with van der Waals surface area (Å²) in [7, 11) is 0. The molecule has 2 heterocycles. The molecule has 2 aliphatic heterocycles. The predicted octanol–water partition coefficient (Wildman–Crippen LogP) is 3.20. The molecule has 2 aliphatic rings. The van der Waals surface area contributed by atoms with E-state index in [4.69, 9.17) is 4.74 Å². The van der Waals surface area contributed by atoms with E-state index in [-0.39, 0.29) is 11.8 Å². The molecule has 2 amide bonds. The number of imide groups is 1. The monoisotopic (exact) mass is 378 g/mol. The summed E-state index contributed by atoms with van der Waals surface area (Å²) in [5.41, 5.74) is 3.84. The minimum Gasteiger partial charge on any atom is -0.494 e. The number of amides is 2. The van der Waals surface area contributed by atoms with Crippen molar-refractivity contribution in [2.75, 3.05) is 11.5 Å². The topological polar surface area (TPSA) is 74.6 Å². The number of rotatable bonds is 5. The lowest BCUT2D eigenvalue weighted by Gasteiger charge is -2.21. The van der Waals surface area contributed by atoms with Crippen molar-refractivity contribution in [3.63, 3.8) is 0 Å². The number of nitrogens with zero attached hydrogens (tertiary/aromatic N) is 4. The number of benzene rings is 2. The van der Waals surface area contributed by atoms with Gasteiger partial charge in [-0.2, -0.15) is 5.11 Å². The number of ether oxygens (including phenoxy) is 1. The van der Waals surface area contributed by atoms with Gasteiger partial charge in [0.2, 0.25) is 0 Å². The van der Waals surface area contributed by atoms with Crippen LogP contribution in [0.3, 0.4) is 0 Å². The average molecular weight is 378 g/mol. The third kappa shape index (κ3) is 3.02. The smallest absolute Gasteiger partial charge is 0.263 e. The van der Waals surface area contributed by atoms with Gasteiger partial charge >= 0.3 is 0 Å². The second-order valence-corrected chi connectivity index (χ2v) is 7.06. The van der Waals surface area contributed by atoms with Gasteiger partial charge in [-0.25, -0.2) is 4.90 Å². The fourth-order valence-electron chi connectivity index (χ4n) is 3.61. The van der Waals surface area contributed by atoms with E-state index in [9.17, 15) is 9.59 Å². The first-order chi connectivity index (χ1) is 13.5. The van der Waals surface area contributed by atoms with Gasteiger partial charge in [0.15, 0.2) is 12.1 Å². The second kappa shape index (κ2) is 7.07. The number of hydrogen-bond acceptors (Lipinski definition) is 6. The molecule has 2 aromatic carbocycles. The van der Waals surface area contributed by atoms with Crippen LogP contribution in [0.2, 0.25) is 0 Å². The molecule has 0 aliphatic carbocycles. The maximum atomic E-state index is 13.1. The van der Waals surface area contributed by atoms with Crippen molar-refractivity contribution in [1.82, 2.24) is 5.01 Å².